The van der Waals surface area contributed by atoms with E-state index in [2.05, 4.69) is 20.6 Å². The summed E-state index contributed by atoms with van der Waals surface area (Å²) in [4.78, 5) is 30.1. The molecule has 0 unspecified atom stereocenters. The monoisotopic (exact) mass is 280 g/mol. The molecular weight excluding hydrogens is 260 g/mol. The third-order valence-corrected chi connectivity index (χ3v) is 2.51. The Morgan fingerprint density at radius 1 is 1.15 bits per heavy atom. The number of nitrogens with one attached hydrogen (secondary N) is 2. The van der Waals surface area contributed by atoms with Gasteiger partial charge in [0.25, 0.3) is 0 Å². The fourth-order valence-corrected chi connectivity index (χ4v) is 1.65. The van der Waals surface area contributed by atoms with Crippen LogP contribution >= 0.6 is 0 Å². The summed E-state index contributed by atoms with van der Waals surface area (Å²) in [6.07, 6.45) is 0.924. The number of amides is 1. The molecule has 0 radical (unpaired) electrons. The van der Waals surface area contributed by atoms with E-state index in [9.17, 15) is 9.59 Å². The zero-order chi connectivity index (χ0) is 15.0. The second kappa shape index (κ2) is 8.08. The zero-order valence-electron chi connectivity index (χ0n) is 11.8. The highest BCUT2D eigenvalue weighted by Gasteiger charge is 2.03. The SMILES string of the molecule is Cc1cc(C)nc(NCCCC(=O)NCCC(=O)O)n1. The Kier molecular flexibility index (Phi) is 6.42. The Hall–Kier alpha value is -2.18. The van der Waals surface area contributed by atoms with Crippen LogP contribution in [0.3, 0.4) is 0 Å². The van der Waals surface area contributed by atoms with E-state index >= 15 is 0 Å². The molecule has 7 nitrogen and oxygen atoms in total. The molecule has 7 heteroatoms. The second-order valence-electron chi connectivity index (χ2n) is 4.50. The van der Waals surface area contributed by atoms with Crippen LogP contribution in [0.4, 0.5) is 5.95 Å². The maximum Gasteiger partial charge on any atom is 0.305 e. The number of nitrogens with zero attached hydrogens (tertiary/aromatic N) is 2. The number of hydrogen-bond donors (Lipinski definition) is 3. The molecule has 1 rings (SSSR count). The van der Waals surface area contributed by atoms with Crippen molar-refractivity contribution in [3.63, 3.8) is 0 Å². The molecule has 0 saturated heterocycles. The molecule has 1 aromatic heterocycles. The largest absolute Gasteiger partial charge is 0.481 e. The first kappa shape index (κ1) is 15.9. The van der Waals surface area contributed by atoms with Gasteiger partial charge in [0.15, 0.2) is 0 Å². The van der Waals surface area contributed by atoms with E-state index in [1.807, 2.05) is 19.9 Å². The number of hydrogen-bond acceptors (Lipinski definition) is 5. The average molecular weight is 280 g/mol. The van der Waals surface area contributed by atoms with Gasteiger partial charge in [-0.15, -0.1) is 0 Å². The van der Waals surface area contributed by atoms with Crippen molar-refractivity contribution < 1.29 is 14.7 Å². The number of carboxylic acids is 1. The average Bonchev–Trinajstić information content (AvgIpc) is 2.33. The predicted octanol–water partition coefficient (Wildman–Crippen LogP) is 0.876. The maximum absolute atomic E-state index is 11.4. The highest BCUT2D eigenvalue weighted by Crippen LogP contribution is 2.03. The lowest BCUT2D eigenvalue weighted by Gasteiger charge is -2.07. The van der Waals surface area contributed by atoms with Gasteiger partial charge in [0.05, 0.1) is 6.42 Å². The Balaban J connectivity index is 2.18. The molecule has 0 aliphatic heterocycles. The first-order chi connectivity index (χ1) is 9.47. The summed E-state index contributed by atoms with van der Waals surface area (Å²) in [5.41, 5.74) is 1.79. The molecule has 1 heterocycles. The molecule has 20 heavy (non-hydrogen) atoms. The third kappa shape index (κ3) is 6.67. The number of carbonyl (C=O) groups excluding carboxylic acids is 1. The lowest BCUT2D eigenvalue weighted by atomic mass is 10.3. The second-order valence-corrected chi connectivity index (χ2v) is 4.50. The van der Waals surface area contributed by atoms with Gasteiger partial charge < -0.3 is 15.7 Å². The molecule has 0 aliphatic carbocycles. The Labute approximate surface area is 117 Å². The fourth-order valence-electron chi connectivity index (χ4n) is 1.65. The van der Waals surface area contributed by atoms with Crippen molar-refractivity contribution in [2.75, 3.05) is 18.4 Å². The first-order valence-electron chi connectivity index (χ1n) is 6.52. The van der Waals surface area contributed by atoms with Crippen LogP contribution in [0.25, 0.3) is 0 Å². The Morgan fingerprint density at radius 3 is 2.40 bits per heavy atom. The van der Waals surface area contributed by atoms with Crippen LogP contribution in [0.2, 0.25) is 0 Å². The molecule has 0 fully saturated rings. The van der Waals surface area contributed by atoms with Crippen molar-refractivity contribution in [1.82, 2.24) is 15.3 Å². The van der Waals surface area contributed by atoms with Crippen LogP contribution in [0, 0.1) is 13.8 Å². The summed E-state index contributed by atoms with van der Waals surface area (Å²) in [5, 5.41) is 14.0. The highest BCUT2D eigenvalue weighted by molar-refractivity contribution is 5.76. The lowest BCUT2D eigenvalue weighted by molar-refractivity contribution is -0.136. The summed E-state index contributed by atoms with van der Waals surface area (Å²) in [7, 11) is 0. The van der Waals surface area contributed by atoms with E-state index in [0.29, 0.717) is 25.3 Å². The zero-order valence-corrected chi connectivity index (χ0v) is 11.8. The number of carbonyl (C=O) groups is 2. The smallest absolute Gasteiger partial charge is 0.305 e. The molecule has 0 atom stereocenters. The van der Waals surface area contributed by atoms with Crippen molar-refractivity contribution in [2.45, 2.75) is 33.1 Å². The minimum atomic E-state index is -0.918. The fraction of sp³-hybridized carbons (Fsp3) is 0.538. The Bertz CT molecular complexity index is 456. The van der Waals surface area contributed by atoms with Crippen LogP contribution in [0.15, 0.2) is 6.07 Å². The number of rotatable bonds is 8. The van der Waals surface area contributed by atoms with E-state index in [4.69, 9.17) is 5.11 Å². The highest BCUT2D eigenvalue weighted by atomic mass is 16.4. The minimum absolute atomic E-state index is 0.0552. The number of carboxylic acid groups (broad SMARTS) is 1. The van der Waals surface area contributed by atoms with Crippen LogP contribution in [0.1, 0.15) is 30.7 Å². The van der Waals surface area contributed by atoms with Gasteiger partial charge >= 0.3 is 5.97 Å². The standard InChI is InChI=1S/C13H20N4O3/c1-9-8-10(2)17-13(16-9)15-6-3-4-11(18)14-7-5-12(19)20/h8H,3-7H2,1-2H3,(H,14,18)(H,19,20)(H,15,16,17). The number of aryl methyl sites for hydroxylation is 2. The predicted molar refractivity (Wildman–Crippen MR) is 74.5 cm³/mol. The van der Waals surface area contributed by atoms with Crippen molar-refractivity contribution in [2.24, 2.45) is 0 Å². The van der Waals surface area contributed by atoms with Crippen LogP contribution in [0.5, 0.6) is 0 Å². The summed E-state index contributed by atoms with van der Waals surface area (Å²) in [6.45, 7) is 4.56. The molecule has 3 N–H and O–H groups in total. The first-order valence-corrected chi connectivity index (χ1v) is 6.52. The van der Waals surface area contributed by atoms with Crippen molar-refractivity contribution in [3.05, 3.63) is 17.5 Å². The summed E-state index contributed by atoms with van der Waals surface area (Å²) < 4.78 is 0. The third-order valence-electron chi connectivity index (χ3n) is 2.51. The van der Waals surface area contributed by atoms with E-state index in [1.54, 1.807) is 0 Å². The molecule has 1 amide bonds. The quantitative estimate of drug-likeness (QED) is 0.610. The van der Waals surface area contributed by atoms with Crippen molar-refractivity contribution in [1.29, 1.82) is 0 Å². The van der Waals surface area contributed by atoms with Gasteiger partial charge in [-0.3, -0.25) is 9.59 Å². The van der Waals surface area contributed by atoms with Crippen LogP contribution in [-0.4, -0.2) is 40.0 Å². The molecule has 0 spiro atoms. The maximum atomic E-state index is 11.4. The summed E-state index contributed by atoms with van der Waals surface area (Å²) >= 11 is 0. The number of aliphatic carboxylic acids is 1. The van der Waals surface area contributed by atoms with Gasteiger partial charge in [-0.2, -0.15) is 0 Å². The van der Waals surface area contributed by atoms with E-state index in [-0.39, 0.29) is 18.9 Å². The molecule has 0 bridgehead atoms. The molecule has 0 saturated carbocycles. The van der Waals surface area contributed by atoms with Gasteiger partial charge in [0.2, 0.25) is 11.9 Å². The minimum Gasteiger partial charge on any atom is -0.481 e. The van der Waals surface area contributed by atoms with Crippen LogP contribution in [-0.2, 0) is 9.59 Å². The summed E-state index contributed by atoms with van der Waals surface area (Å²) in [6, 6.07) is 1.89. The molecule has 110 valence electrons. The molecular formula is C13H20N4O3. The molecule has 0 aliphatic rings. The topological polar surface area (TPSA) is 104 Å². The van der Waals surface area contributed by atoms with E-state index < -0.39 is 5.97 Å². The Morgan fingerprint density at radius 2 is 1.80 bits per heavy atom. The molecule has 0 aromatic carbocycles. The summed E-state index contributed by atoms with van der Waals surface area (Å²) in [5.74, 6) is -0.498. The van der Waals surface area contributed by atoms with Gasteiger partial charge in [0, 0.05) is 30.9 Å². The van der Waals surface area contributed by atoms with E-state index in [1.165, 1.54) is 0 Å². The van der Waals surface area contributed by atoms with Gasteiger partial charge in [0.1, 0.15) is 0 Å². The van der Waals surface area contributed by atoms with E-state index in [0.717, 1.165) is 11.4 Å². The lowest BCUT2D eigenvalue weighted by Crippen LogP contribution is -2.26. The van der Waals surface area contributed by atoms with Gasteiger partial charge in [-0.25, -0.2) is 9.97 Å². The van der Waals surface area contributed by atoms with Crippen molar-refractivity contribution >= 4 is 17.8 Å². The van der Waals surface area contributed by atoms with Crippen molar-refractivity contribution in [3.8, 4) is 0 Å². The van der Waals surface area contributed by atoms with Gasteiger partial charge in [-0.05, 0) is 26.3 Å². The number of aromatic nitrogens is 2. The molecule has 1 aromatic rings. The normalized spacial score (nSPS) is 10.1. The van der Waals surface area contributed by atoms with Gasteiger partial charge in [-0.1, -0.05) is 0 Å². The van der Waals surface area contributed by atoms with Crippen LogP contribution < -0.4 is 10.6 Å². The number of anilines is 1.